The minimum Gasteiger partial charge on any atom is -0.372 e. The maximum absolute atomic E-state index is 12.4. The molecule has 0 heterocycles. The van der Waals surface area contributed by atoms with Gasteiger partial charge in [0.1, 0.15) is 0 Å². The molecule has 2 aromatic carbocycles. The van der Waals surface area contributed by atoms with Gasteiger partial charge in [0.05, 0.1) is 15.5 Å². The Morgan fingerprint density at radius 3 is 2.27 bits per heavy atom. The summed E-state index contributed by atoms with van der Waals surface area (Å²) in [5.41, 5.74) is 1.60. The number of nitro groups is 1. The van der Waals surface area contributed by atoms with Crippen molar-refractivity contribution in [3.8, 4) is 0 Å². The Labute approximate surface area is 157 Å². The number of anilines is 2. The monoisotopic (exact) mass is 375 g/mol. The first kappa shape index (κ1) is 19.7. The highest BCUT2D eigenvalue weighted by molar-refractivity contribution is 6.34. The second kappa shape index (κ2) is 9.20. The largest absolute Gasteiger partial charge is 0.372 e. The molecule has 0 radical (unpaired) electrons. The van der Waals surface area contributed by atoms with E-state index in [1.165, 1.54) is 18.2 Å². The fourth-order valence-electron chi connectivity index (χ4n) is 2.66. The SMILES string of the molecule is CCCN(CCC)c1ccc(NC(=O)c2cc([N+](=O)[O-])ccc2Cl)cc1. The number of carbonyl (C=O) groups is 1. The molecule has 0 unspecified atom stereocenters. The molecule has 26 heavy (non-hydrogen) atoms. The fraction of sp³-hybridized carbons (Fsp3) is 0.316. The number of hydrogen-bond donors (Lipinski definition) is 1. The van der Waals surface area contributed by atoms with Gasteiger partial charge >= 0.3 is 0 Å². The van der Waals surface area contributed by atoms with Crippen LogP contribution >= 0.6 is 11.6 Å². The molecule has 0 saturated heterocycles. The molecular weight excluding hydrogens is 354 g/mol. The minimum absolute atomic E-state index is 0.0727. The maximum atomic E-state index is 12.4. The van der Waals surface area contributed by atoms with Gasteiger partial charge in [-0.05, 0) is 43.2 Å². The molecular formula is C19H22ClN3O3. The number of nitrogens with one attached hydrogen (secondary N) is 1. The molecule has 2 rings (SSSR count). The lowest BCUT2D eigenvalue weighted by molar-refractivity contribution is -0.384. The maximum Gasteiger partial charge on any atom is 0.270 e. The number of rotatable bonds is 8. The van der Waals surface area contributed by atoms with Crippen molar-refractivity contribution < 1.29 is 9.72 Å². The predicted molar refractivity (Wildman–Crippen MR) is 105 cm³/mol. The van der Waals surface area contributed by atoms with E-state index in [0.717, 1.165) is 31.6 Å². The van der Waals surface area contributed by atoms with E-state index >= 15 is 0 Å². The van der Waals surface area contributed by atoms with E-state index in [1.807, 2.05) is 24.3 Å². The van der Waals surface area contributed by atoms with Crippen molar-refractivity contribution in [2.45, 2.75) is 26.7 Å². The van der Waals surface area contributed by atoms with Gasteiger partial charge in [-0.3, -0.25) is 14.9 Å². The highest BCUT2D eigenvalue weighted by atomic mass is 35.5. The quantitative estimate of drug-likeness (QED) is 0.512. The van der Waals surface area contributed by atoms with Gasteiger partial charge in [0, 0.05) is 36.6 Å². The lowest BCUT2D eigenvalue weighted by atomic mass is 10.1. The normalized spacial score (nSPS) is 10.4. The van der Waals surface area contributed by atoms with Crippen molar-refractivity contribution in [1.29, 1.82) is 0 Å². The fourth-order valence-corrected chi connectivity index (χ4v) is 2.87. The summed E-state index contributed by atoms with van der Waals surface area (Å²) in [5.74, 6) is -0.481. The first-order valence-corrected chi connectivity index (χ1v) is 8.94. The van der Waals surface area contributed by atoms with Crippen LogP contribution in [0.1, 0.15) is 37.0 Å². The van der Waals surface area contributed by atoms with Crippen LogP contribution in [0.2, 0.25) is 5.02 Å². The van der Waals surface area contributed by atoms with Crippen LogP contribution in [-0.4, -0.2) is 23.9 Å². The van der Waals surface area contributed by atoms with Crippen LogP contribution in [0.25, 0.3) is 0 Å². The van der Waals surface area contributed by atoms with E-state index in [9.17, 15) is 14.9 Å². The molecule has 0 atom stereocenters. The zero-order valence-corrected chi connectivity index (χ0v) is 15.6. The molecule has 138 valence electrons. The van der Waals surface area contributed by atoms with Crippen LogP contribution in [0, 0.1) is 10.1 Å². The van der Waals surface area contributed by atoms with Crippen molar-refractivity contribution in [2.75, 3.05) is 23.3 Å². The molecule has 1 amide bonds. The zero-order chi connectivity index (χ0) is 19.1. The topological polar surface area (TPSA) is 75.5 Å². The Hall–Kier alpha value is -2.60. The van der Waals surface area contributed by atoms with Crippen molar-refractivity contribution >= 4 is 34.6 Å². The Balaban J connectivity index is 2.15. The molecule has 0 bridgehead atoms. The molecule has 0 spiro atoms. The number of halogens is 1. The van der Waals surface area contributed by atoms with E-state index in [4.69, 9.17) is 11.6 Å². The zero-order valence-electron chi connectivity index (χ0n) is 14.9. The Morgan fingerprint density at radius 2 is 1.73 bits per heavy atom. The molecule has 0 saturated carbocycles. The highest BCUT2D eigenvalue weighted by Gasteiger charge is 2.16. The van der Waals surface area contributed by atoms with Gasteiger partial charge in [-0.1, -0.05) is 25.4 Å². The van der Waals surface area contributed by atoms with Gasteiger partial charge in [-0.15, -0.1) is 0 Å². The second-order valence-corrected chi connectivity index (χ2v) is 6.32. The minimum atomic E-state index is -0.558. The highest BCUT2D eigenvalue weighted by Crippen LogP contribution is 2.24. The number of non-ortho nitro benzene ring substituents is 1. The van der Waals surface area contributed by atoms with Gasteiger partial charge in [0.15, 0.2) is 0 Å². The molecule has 6 nitrogen and oxygen atoms in total. The number of benzene rings is 2. The smallest absolute Gasteiger partial charge is 0.270 e. The first-order valence-electron chi connectivity index (χ1n) is 8.56. The van der Waals surface area contributed by atoms with Crippen LogP contribution in [0.15, 0.2) is 42.5 Å². The third kappa shape index (κ3) is 4.95. The third-order valence-corrected chi connectivity index (χ3v) is 4.21. The van der Waals surface area contributed by atoms with Crippen molar-refractivity contribution in [3.63, 3.8) is 0 Å². The summed E-state index contributed by atoms with van der Waals surface area (Å²) < 4.78 is 0. The van der Waals surface area contributed by atoms with Crippen LogP contribution < -0.4 is 10.2 Å². The van der Waals surface area contributed by atoms with Crippen molar-refractivity contribution in [1.82, 2.24) is 0 Å². The molecule has 7 heteroatoms. The Bertz CT molecular complexity index is 772. The Kier molecular flexibility index (Phi) is 6.97. The summed E-state index contributed by atoms with van der Waals surface area (Å²) >= 11 is 6.01. The van der Waals surface area contributed by atoms with Gasteiger partial charge in [-0.25, -0.2) is 0 Å². The summed E-state index contributed by atoms with van der Waals surface area (Å²) in [7, 11) is 0. The summed E-state index contributed by atoms with van der Waals surface area (Å²) in [6, 6.07) is 11.3. The standard InChI is InChI=1S/C19H22ClN3O3/c1-3-11-22(12-4-2)15-7-5-14(6-8-15)21-19(24)17-13-16(23(25)26)9-10-18(17)20/h5-10,13H,3-4,11-12H2,1-2H3,(H,21,24). The van der Waals surface area contributed by atoms with Gasteiger partial charge in [0.2, 0.25) is 0 Å². The molecule has 0 aliphatic heterocycles. The van der Waals surface area contributed by atoms with Gasteiger partial charge < -0.3 is 10.2 Å². The van der Waals surface area contributed by atoms with Crippen LogP contribution in [-0.2, 0) is 0 Å². The van der Waals surface area contributed by atoms with Gasteiger partial charge in [0.25, 0.3) is 11.6 Å². The molecule has 0 aliphatic rings. The average molecular weight is 376 g/mol. The summed E-state index contributed by atoms with van der Waals surface area (Å²) in [5, 5.41) is 13.8. The first-order chi connectivity index (χ1) is 12.5. The summed E-state index contributed by atoms with van der Waals surface area (Å²) in [4.78, 5) is 25.0. The lowest BCUT2D eigenvalue weighted by Crippen LogP contribution is -2.24. The molecule has 2 aromatic rings. The predicted octanol–water partition coefficient (Wildman–Crippen LogP) is 5.13. The number of carbonyl (C=O) groups excluding carboxylic acids is 1. The van der Waals surface area contributed by atoms with Crippen molar-refractivity contribution in [3.05, 3.63) is 63.2 Å². The average Bonchev–Trinajstić information content (AvgIpc) is 2.62. The number of amides is 1. The molecule has 0 aromatic heterocycles. The van der Waals surface area contributed by atoms with Crippen molar-refractivity contribution in [2.24, 2.45) is 0 Å². The summed E-state index contributed by atoms with van der Waals surface area (Å²) in [6.07, 6.45) is 2.12. The molecule has 1 N–H and O–H groups in total. The van der Waals surface area contributed by atoms with E-state index in [2.05, 4.69) is 24.1 Å². The Morgan fingerprint density at radius 1 is 1.12 bits per heavy atom. The van der Waals surface area contributed by atoms with E-state index in [0.29, 0.717) is 5.69 Å². The van der Waals surface area contributed by atoms with Crippen LogP contribution in [0.4, 0.5) is 17.1 Å². The van der Waals surface area contributed by atoms with E-state index in [-0.39, 0.29) is 16.3 Å². The van der Waals surface area contributed by atoms with Crippen LogP contribution in [0.5, 0.6) is 0 Å². The third-order valence-electron chi connectivity index (χ3n) is 3.88. The summed E-state index contributed by atoms with van der Waals surface area (Å²) in [6.45, 7) is 6.23. The second-order valence-electron chi connectivity index (χ2n) is 5.91. The van der Waals surface area contributed by atoms with E-state index in [1.54, 1.807) is 0 Å². The number of hydrogen-bond acceptors (Lipinski definition) is 4. The van der Waals surface area contributed by atoms with Crippen LogP contribution in [0.3, 0.4) is 0 Å². The molecule has 0 aliphatic carbocycles. The number of nitro benzene ring substituents is 1. The lowest BCUT2D eigenvalue weighted by Gasteiger charge is -2.24. The molecule has 0 fully saturated rings. The number of nitrogens with zero attached hydrogens (tertiary/aromatic N) is 2. The van der Waals surface area contributed by atoms with Gasteiger partial charge in [-0.2, -0.15) is 0 Å². The van der Waals surface area contributed by atoms with E-state index < -0.39 is 10.8 Å².